The van der Waals surface area contributed by atoms with E-state index in [9.17, 15) is 9.59 Å². The van der Waals surface area contributed by atoms with Gasteiger partial charge in [0.1, 0.15) is 0 Å². The fourth-order valence-corrected chi connectivity index (χ4v) is 0.808. The van der Waals surface area contributed by atoms with Crippen molar-refractivity contribution in [2.75, 3.05) is 13.2 Å². The lowest BCUT2D eigenvalue weighted by molar-refractivity contribution is -0.143. The molecule has 0 aliphatic carbocycles. The quantitative estimate of drug-likeness (QED) is 0.573. The molecule has 0 aromatic carbocycles. The molecule has 0 bridgehead atoms. The molecule has 0 aliphatic rings. The number of esters is 2. The van der Waals surface area contributed by atoms with E-state index in [1.54, 1.807) is 0 Å². The molecular formula is C14H24O4. The summed E-state index contributed by atoms with van der Waals surface area (Å²) < 4.78 is 9.94. The molecular weight excluding hydrogens is 232 g/mol. The van der Waals surface area contributed by atoms with Gasteiger partial charge in [0.25, 0.3) is 0 Å². The standard InChI is InChI=1S/C14H24O4/c1-13(2,3)9-17-11(15)7-8-12(16)18-10-14(4,5)6/h7-8H,9-10H2,1-6H3/b8-7-. The van der Waals surface area contributed by atoms with Gasteiger partial charge in [-0.05, 0) is 10.8 Å². The predicted molar refractivity (Wildman–Crippen MR) is 70.0 cm³/mol. The molecule has 0 spiro atoms. The number of hydrogen-bond donors (Lipinski definition) is 0. The predicted octanol–water partition coefficient (Wildman–Crippen LogP) is 2.72. The second kappa shape index (κ2) is 6.57. The zero-order valence-electron chi connectivity index (χ0n) is 12.2. The molecule has 0 fully saturated rings. The van der Waals surface area contributed by atoms with Crippen molar-refractivity contribution in [2.45, 2.75) is 41.5 Å². The van der Waals surface area contributed by atoms with Crippen LogP contribution in [0.5, 0.6) is 0 Å². The van der Waals surface area contributed by atoms with Crippen molar-refractivity contribution in [3.8, 4) is 0 Å². The van der Waals surface area contributed by atoms with Crippen LogP contribution in [0.4, 0.5) is 0 Å². The minimum atomic E-state index is -0.530. The van der Waals surface area contributed by atoms with Crippen LogP contribution < -0.4 is 0 Å². The Morgan fingerprint density at radius 3 is 1.28 bits per heavy atom. The van der Waals surface area contributed by atoms with Crippen LogP contribution in [0, 0.1) is 10.8 Å². The van der Waals surface area contributed by atoms with Crippen molar-refractivity contribution in [3.05, 3.63) is 12.2 Å². The monoisotopic (exact) mass is 256 g/mol. The Bertz CT molecular complexity index is 284. The van der Waals surface area contributed by atoms with Crippen molar-refractivity contribution in [2.24, 2.45) is 10.8 Å². The van der Waals surface area contributed by atoms with Gasteiger partial charge in [0.2, 0.25) is 0 Å². The minimum absolute atomic E-state index is 0.0871. The van der Waals surface area contributed by atoms with Gasteiger partial charge in [-0.15, -0.1) is 0 Å². The average molecular weight is 256 g/mol. The largest absolute Gasteiger partial charge is 0.462 e. The Morgan fingerprint density at radius 2 is 1.06 bits per heavy atom. The first kappa shape index (κ1) is 16.7. The first-order valence-corrected chi connectivity index (χ1v) is 6.01. The van der Waals surface area contributed by atoms with Gasteiger partial charge >= 0.3 is 11.9 Å². The lowest BCUT2D eigenvalue weighted by Crippen LogP contribution is -2.18. The van der Waals surface area contributed by atoms with Crippen LogP contribution in [-0.2, 0) is 19.1 Å². The third-order valence-corrected chi connectivity index (χ3v) is 1.65. The van der Waals surface area contributed by atoms with E-state index in [1.807, 2.05) is 41.5 Å². The topological polar surface area (TPSA) is 52.6 Å². The Kier molecular flexibility index (Phi) is 6.09. The molecule has 0 amide bonds. The molecule has 0 heterocycles. The molecule has 4 nitrogen and oxygen atoms in total. The molecule has 104 valence electrons. The van der Waals surface area contributed by atoms with Crippen LogP contribution in [0.3, 0.4) is 0 Å². The highest BCUT2D eigenvalue weighted by Crippen LogP contribution is 2.13. The third-order valence-electron chi connectivity index (χ3n) is 1.65. The van der Waals surface area contributed by atoms with Crippen molar-refractivity contribution in [3.63, 3.8) is 0 Å². The van der Waals surface area contributed by atoms with Crippen molar-refractivity contribution in [1.82, 2.24) is 0 Å². The van der Waals surface area contributed by atoms with Crippen LogP contribution in [0.1, 0.15) is 41.5 Å². The minimum Gasteiger partial charge on any atom is -0.462 e. The zero-order valence-corrected chi connectivity index (χ0v) is 12.2. The second-order valence-corrected chi connectivity index (χ2v) is 6.67. The second-order valence-electron chi connectivity index (χ2n) is 6.67. The summed E-state index contributed by atoms with van der Waals surface area (Å²) in [6.45, 7) is 12.4. The Balaban J connectivity index is 4.00. The van der Waals surface area contributed by atoms with E-state index < -0.39 is 11.9 Å². The number of rotatable bonds is 4. The summed E-state index contributed by atoms with van der Waals surface area (Å²) in [5.74, 6) is -1.06. The Morgan fingerprint density at radius 1 is 0.778 bits per heavy atom. The average Bonchev–Trinajstić information content (AvgIpc) is 2.18. The number of carbonyl (C=O) groups excluding carboxylic acids is 2. The molecule has 0 aromatic heterocycles. The molecule has 0 rings (SSSR count). The van der Waals surface area contributed by atoms with E-state index in [0.29, 0.717) is 13.2 Å². The SMILES string of the molecule is CC(C)(C)COC(=O)/C=C\C(=O)OCC(C)(C)C. The molecule has 0 unspecified atom stereocenters. The molecule has 4 heteroatoms. The maximum absolute atomic E-state index is 11.3. The third kappa shape index (κ3) is 11.2. The summed E-state index contributed by atoms with van der Waals surface area (Å²) in [4.78, 5) is 22.6. The number of ether oxygens (including phenoxy) is 2. The van der Waals surface area contributed by atoms with Gasteiger partial charge in [-0.3, -0.25) is 0 Å². The lowest BCUT2D eigenvalue weighted by Gasteiger charge is -2.17. The van der Waals surface area contributed by atoms with Gasteiger partial charge in [0.05, 0.1) is 13.2 Å². The summed E-state index contributed by atoms with van der Waals surface area (Å²) in [6, 6.07) is 0. The summed E-state index contributed by atoms with van der Waals surface area (Å²) in [5, 5.41) is 0. The normalized spacial score (nSPS) is 12.6. The first-order chi connectivity index (χ1) is 7.99. The van der Waals surface area contributed by atoms with E-state index in [1.165, 1.54) is 0 Å². The van der Waals surface area contributed by atoms with E-state index in [2.05, 4.69) is 0 Å². The van der Waals surface area contributed by atoms with E-state index in [-0.39, 0.29) is 10.8 Å². The van der Waals surface area contributed by atoms with Gasteiger partial charge in [-0.1, -0.05) is 41.5 Å². The fourth-order valence-electron chi connectivity index (χ4n) is 0.808. The molecule has 0 aliphatic heterocycles. The van der Waals surface area contributed by atoms with Crippen LogP contribution in [0.15, 0.2) is 12.2 Å². The van der Waals surface area contributed by atoms with Crippen LogP contribution in [-0.4, -0.2) is 25.2 Å². The van der Waals surface area contributed by atoms with E-state index >= 15 is 0 Å². The van der Waals surface area contributed by atoms with Crippen molar-refractivity contribution < 1.29 is 19.1 Å². The van der Waals surface area contributed by atoms with Gasteiger partial charge in [-0.2, -0.15) is 0 Å². The number of hydrogen-bond acceptors (Lipinski definition) is 4. The molecule has 0 N–H and O–H groups in total. The summed E-state index contributed by atoms with van der Waals surface area (Å²) >= 11 is 0. The highest BCUT2D eigenvalue weighted by atomic mass is 16.5. The molecule has 0 saturated carbocycles. The van der Waals surface area contributed by atoms with Gasteiger partial charge in [0.15, 0.2) is 0 Å². The fraction of sp³-hybridized carbons (Fsp3) is 0.714. The first-order valence-electron chi connectivity index (χ1n) is 6.01. The molecule has 0 saturated heterocycles. The summed E-state index contributed by atoms with van der Waals surface area (Å²) in [7, 11) is 0. The molecule has 0 atom stereocenters. The van der Waals surface area contributed by atoms with Crippen LogP contribution in [0.2, 0.25) is 0 Å². The highest BCUT2D eigenvalue weighted by molar-refractivity contribution is 5.91. The smallest absolute Gasteiger partial charge is 0.331 e. The van der Waals surface area contributed by atoms with Crippen LogP contribution >= 0.6 is 0 Å². The van der Waals surface area contributed by atoms with Crippen molar-refractivity contribution >= 4 is 11.9 Å². The van der Waals surface area contributed by atoms with Gasteiger partial charge in [0, 0.05) is 12.2 Å². The highest BCUT2D eigenvalue weighted by Gasteiger charge is 2.14. The Hall–Kier alpha value is -1.32. The van der Waals surface area contributed by atoms with Crippen LogP contribution in [0.25, 0.3) is 0 Å². The molecule has 18 heavy (non-hydrogen) atoms. The van der Waals surface area contributed by atoms with Crippen molar-refractivity contribution in [1.29, 1.82) is 0 Å². The summed E-state index contributed by atoms with van der Waals surface area (Å²) in [5.41, 5.74) is -0.174. The van der Waals surface area contributed by atoms with Gasteiger partial charge in [-0.25, -0.2) is 9.59 Å². The lowest BCUT2D eigenvalue weighted by atomic mass is 9.99. The molecule has 0 aromatic rings. The zero-order chi connectivity index (χ0) is 14.4. The molecule has 0 radical (unpaired) electrons. The summed E-state index contributed by atoms with van der Waals surface area (Å²) in [6.07, 6.45) is 2.19. The van der Waals surface area contributed by atoms with E-state index in [0.717, 1.165) is 12.2 Å². The Labute approximate surface area is 109 Å². The van der Waals surface area contributed by atoms with E-state index in [4.69, 9.17) is 9.47 Å². The number of carbonyl (C=O) groups is 2. The van der Waals surface area contributed by atoms with Gasteiger partial charge < -0.3 is 9.47 Å². The maximum atomic E-state index is 11.3. The maximum Gasteiger partial charge on any atom is 0.331 e.